The summed E-state index contributed by atoms with van der Waals surface area (Å²) >= 11 is 0. The van der Waals surface area contributed by atoms with Crippen LogP contribution in [-0.4, -0.2) is 25.0 Å². The van der Waals surface area contributed by atoms with E-state index in [-0.39, 0.29) is 12.5 Å². The van der Waals surface area contributed by atoms with Crippen molar-refractivity contribution in [2.75, 3.05) is 17.7 Å². The lowest BCUT2D eigenvalue weighted by atomic mass is 10.1. The Balaban J connectivity index is 2.15. The van der Waals surface area contributed by atoms with Crippen LogP contribution >= 0.6 is 0 Å². The Labute approximate surface area is 160 Å². The smallest absolute Gasteiger partial charge is 0.416 e. The van der Waals surface area contributed by atoms with Gasteiger partial charge >= 0.3 is 12.1 Å². The monoisotopic (exact) mass is 394 g/mol. The van der Waals surface area contributed by atoms with Crippen LogP contribution in [0.2, 0.25) is 0 Å². The molecule has 0 saturated carbocycles. The highest BCUT2D eigenvalue weighted by Gasteiger charge is 2.30. The topological polar surface area (TPSA) is 67.4 Å². The van der Waals surface area contributed by atoms with E-state index in [2.05, 4.69) is 10.6 Å². The molecule has 0 aliphatic heterocycles. The number of benzene rings is 2. The molecule has 0 atom stereocenters. The van der Waals surface area contributed by atoms with Gasteiger partial charge in [0.1, 0.15) is 0 Å². The number of rotatable bonds is 6. The number of nitrogens with one attached hydrogen (secondary N) is 2. The average molecular weight is 394 g/mol. The minimum atomic E-state index is -4.42. The van der Waals surface area contributed by atoms with Gasteiger partial charge in [0.2, 0.25) is 5.91 Å². The number of ether oxygens (including phenoxy) is 1. The maximum absolute atomic E-state index is 12.6. The fourth-order valence-corrected chi connectivity index (χ4v) is 2.52. The lowest BCUT2D eigenvalue weighted by Crippen LogP contribution is -2.18. The van der Waals surface area contributed by atoms with Crippen LogP contribution in [0, 0.1) is 0 Å². The molecule has 150 valence electrons. The second-order valence-corrected chi connectivity index (χ2v) is 6.47. The fraction of sp³-hybridized carbons (Fsp3) is 0.300. The molecular formula is C20H21F3N2O3. The van der Waals surface area contributed by atoms with Crippen molar-refractivity contribution in [3.63, 3.8) is 0 Å². The summed E-state index contributed by atoms with van der Waals surface area (Å²) in [4.78, 5) is 24.0. The van der Waals surface area contributed by atoms with Crippen molar-refractivity contribution in [3.8, 4) is 0 Å². The van der Waals surface area contributed by atoms with Crippen LogP contribution in [0.1, 0.15) is 35.3 Å². The number of amides is 1. The first kappa shape index (κ1) is 21.3. The van der Waals surface area contributed by atoms with Crippen molar-refractivity contribution in [2.24, 2.45) is 0 Å². The van der Waals surface area contributed by atoms with Gasteiger partial charge in [-0.25, -0.2) is 4.79 Å². The molecule has 0 bridgehead atoms. The van der Waals surface area contributed by atoms with E-state index in [4.69, 9.17) is 4.74 Å². The molecule has 2 N–H and O–H groups in total. The molecule has 0 spiro atoms. The summed E-state index contributed by atoms with van der Waals surface area (Å²) < 4.78 is 42.5. The molecule has 0 unspecified atom stereocenters. The largest absolute Gasteiger partial charge is 0.465 e. The molecule has 28 heavy (non-hydrogen) atoms. The molecule has 5 nitrogen and oxygen atoms in total. The highest BCUT2D eigenvalue weighted by atomic mass is 19.4. The minimum Gasteiger partial charge on any atom is -0.465 e. The number of anilines is 2. The molecule has 8 heteroatoms. The van der Waals surface area contributed by atoms with E-state index in [1.807, 2.05) is 13.8 Å². The number of esters is 1. The van der Waals surface area contributed by atoms with E-state index in [1.54, 1.807) is 12.1 Å². The first-order valence-corrected chi connectivity index (χ1v) is 8.55. The van der Waals surface area contributed by atoms with Crippen molar-refractivity contribution in [2.45, 2.75) is 32.5 Å². The van der Waals surface area contributed by atoms with Gasteiger partial charge < -0.3 is 15.4 Å². The first-order chi connectivity index (χ1) is 13.1. The number of hydrogen-bond acceptors (Lipinski definition) is 4. The third kappa shape index (κ3) is 5.73. The molecule has 2 aromatic carbocycles. The van der Waals surface area contributed by atoms with Crippen molar-refractivity contribution in [3.05, 3.63) is 59.2 Å². The molecular weight excluding hydrogens is 373 g/mol. The van der Waals surface area contributed by atoms with E-state index in [0.29, 0.717) is 22.5 Å². The second-order valence-electron chi connectivity index (χ2n) is 6.47. The van der Waals surface area contributed by atoms with Crippen LogP contribution in [0.4, 0.5) is 24.5 Å². The first-order valence-electron chi connectivity index (χ1n) is 8.55. The second kappa shape index (κ2) is 8.77. The summed E-state index contributed by atoms with van der Waals surface area (Å²) in [6.07, 6.45) is -4.50. The predicted molar refractivity (Wildman–Crippen MR) is 100 cm³/mol. The molecule has 2 aromatic rings. The van der Waals surface area contributed by atoms with Crippen LogP contribution in [-0.2, 0) is 22.1 Å². The lowest BCUT2D eigenvalue weighted by molar-refractivity contribution is -0.137. The Morgan fingerprint density at radius 3 is 2.21 bits per heavy atom. The highest BCUT2D eigenvalue weighted by molar-refractivity contribution is 5.98. The molecule has 0 aromatic heterocycles. The van der Waals surface area contributed by atoms with Gasteiger partial charge in [0.15, 0.2) is 0 Å². The van der Waals surface area contributed by atoms with Crippen LogP contribution in [0.5, 0.6) is 0 Å². The minimum absolute atomic E-state index is 0.0402. The third-order valence-electron chi connectivity index (χ3n) is 3.80. The number of carbonyl (C=O) groups excluding carboxylic acids is 2. The maximum Gasteiger partial charge on any atom is 0.416 e. The molecule has 0 radical (unpaired) electrons. The van der Waals surface area contributed by atoms with Crippen LogP contribution in [0.3, 0.4) is 0 Å². The normalized spacial score (nSPS) is 11.2. The molecule has 0 aliphatic carbocycles. The van der Waals surface area contributed by atoms with Gasteiger partial charge in [0.05, 0.1) is 36.0 Å². The van der Waals surface area contributed by atoms with Gasteiger partial charge in [-0.05, 0) is 49.7 Å². The van der Waals surface area contributed by atoms with E-state index in [9.17, 15) is 22.8 Å². The number of carbonyl (C=O) groups is 2. The van der Waals surface area contributed by atoms with Crippen molar-refractivity contribution in [1.29, 1.82) is 0 Å². The van der Waals surface area contributed by atoms with Gasteiger partial charge in [0, 0.05) is 6.04 Å². The summed E-state index contributed by atoms with van der Waals surface area (Å²) in [5.41, 5.74) is 1.01. The summed E-state index contributed by atoms with van der Waals surface area (Å²) in [6.45, 7) is 3.80. The van der Waals surface area contributed by atoms with Crippen molar-refractivity contribution >= 4 is 23.3 Å². The molecule has 0 fully saturated rings. The summed E-state index contributed by atoms with van der Waals surface area (Å²) in [7, 11) is 1.28. The fourth-order valence-electron chi connectivity index (χ4n) is 2.52. The Bertz CT molecular complexity index is 847. The van der Waals surface area contributed by atoms with Crippen molar-refractivity contribution in [1.82, 2.24) is 0 Å². The van der Waals surface area contributed by atoms with Crippen LogP contribution in [0.25, 0.3) is 0 Å². The van der Waals surface area contributed by atoms with Gasteiger partial charge in [0.25, 0.3) is 0 Å². The van der Waals surface area contributed by atoms with E-state index < -0.39 is 23.6 Å². The van der Waals surface area contributed by atoms with Crippen LogP contribution < -0.4 is 10.6 Å². The lowest BCUT2D eigenvalue weighted by Gasteiger charge is -2.17. The predicted octanol–water partition coefficient (Wildman–Crippen LogP) is 4.49. The SMILES string of the molecule is COC(=O)c1ccc(NC(=O)Cc2ccc(C(F)(F)F)cc2)c(NC(C)C)c1. The summed E-state index contributed by atoms with van der Waals surface area (Å²) in [6, 6.07) is 9.13. The molecule has 0 aliphatic rings. The number of hydrogen-bond donors (Lipinski definition) is 2. The average Bonchev–Trinajstić information content (AvgIpc) is 2.61. The van der Waals surface area contributed by atoms with Crippen LogP contribution in [0.15, 0.2) is 42.5 Å². The quantitative estimate of drug-likeness (QED) is 0.709. The Kier molecular flexibility index (Phi) is 6.66. The Morgan fingerprint density at radius 1 is 1.04 bits per heavy atom. The van der Waals surface area contributed by atoms with Gasteiger partial charge in [-0.3, -0.25) is 4.79 Å². The molecule has 1 amide bonds. The van der Waals surface area contributed by atoms with E-state index >= 15 is 0 Å². The number of alkyl halides is 3. The summed E-state index contributed by atoms with van der Waals surface area (Å²) in [5, 5.41) is 5.86. The third-order valence-corrected chi connectivity index (χ3v) is 3.80. The van der Waals surface area contributed by atoms with E-state index in [0.717, 1.165) is 12.1 Å². The molecule has 0 heterocycles. The molecule has 0 saturated heterocycles. The number of methoxy groups -OCH3 is 1. The Morgan fingerprint density at radius 2 is 1.68 bits per heavy atom. The standard InChI is InChI=1S/C20H21F3N2O3/c1-12(2)24-17-11-14(19(27)28-3)6-9-16(17)25-18(26)10-13-4-7-15(8-5-13)20(21,22)23/h4-9,11-12,24H,10H2,1-3H3,(H,25,26). The van der Waals surface area contributed by atoms with E-state index in [1.165, 1.54) is 25.3 Å². The van der Waals surface area contributed by atoms with Gasteiger partial charge in [-0.15, -0.1) is 0 Å². The van der Waals surface area contributed by atoms with Gasteiger partial charge in [-0.1, -0.05) is 12.1 Å². The summed E-state index contributed by atoms with van der Waals surface area (Å²) in [5.74, 6) is -0.896. The Hall–Kier alpha value is -3.03. The zero-order valence-corrected chi connectivity index (χ0v) is 15.7. The highest BCUT2D eigenvalue weighted by Crippen LogP contribution is 2.29. The van der Waals surface area contributed by atoms with Crippen molar-refractivity contribution < 1.29 is 27.5 Å². The number of halogens is 3. The zero-order valence-electron chi connectivity index (χ0n) is 15.7. The van der Waals surface area contributed by atoms with Gasteiger partial charge in [-0.2, -0.15) is 13.2 Å². The zero-order chi connectivity index (χ0) is 20.9. The maximum atomic E-state index is 12.6. The molecule has 2 rings (SSSR count).